The van der Waals surface area contributed by atoms with Crippen LogP contribution in [0.1, 0.15) is 37.6 Å². The van der Waals surface area contributed by atoms with Crippen LogP contribution in [0, 0.1) is 0 Å². The molecule has 5 rings (SSSR count). The molecule has 4 aromatic carbocycles. The molecule has 0 spiro atoms. The summed E-state index contributed by atoms with van der Waals surface area (Å²) in [5.74, 6) is 0.743. The number of methoxy groups -OCH3 is 1. The van der Waals surface area contributed by atoms with Crippen molar-refractivity contribution in [1.29, 1.82) is 0 Å². The molecule has 1 atom stereocenters. The molecule has 1 aromatic heterocycles. The Kier molecular flexibility index (Phi) is 8.29. The van der Waals surface area contributed by atoms with Gasteiger partial charge in [0, 0.05) is 40.6 Å². The lowest BCUT2D eigenvalue weighted by Crippen LogP contribution is -2.19. The Bertz CT molecular complexity index is 1680. The number of carbonyl (C=O) groups excluding carboxylic acids is 2. The minimum absolute atomic E-state index is 0.0114. The molecule has 8 nitrogen and oxygen atoms in total. The highest BCUT2D eigenvalue weighted by atomic mass is 16.5. The molecule has 208 valence electrons. The molecule has 1 unspecified atom stereocenters. The van der Waals surface area contributed by atoms with Crippen LogP contribution in [0.4, 0.5) is 17.1 Å². The third-order valence-electron chi connectivity index (χ3n) is 6.89. The van der Waals surface area contributed by atoms with Crippen molar-refractivity contribution in [3.63, 3.8) is 0 Å². The first-order valence-corrected chi connectivity index (χ1v) is 13.5. The third-order valence-corrected chi connectivity index (χ3v) is 6.89. The van der Waals surface area contributed by atoms with E-state index in [9.17, 15) is 9.59 Å². The maximum absolute atomic E-state index is 12.7. The molecule has 0 radical (unpaired) electrons. The summed E-state index contributed by atoms with van der Waals surface area (Å²) in [7, 11) is 1.68. The highest BCUT2D eigenvalue weighted by Crippen LogP contribution is 2.35. The van der Waals surface area contributed by atoms with Crippen LogP contribution >= 0.6 is 0 Å². The average Bonchev–Trinajstić information content (AvgIpc) is 3.48. The van der Waals surface area contributed by atoms with E-state index in [2.05, 4.69) is 33.2 Å². The van der Waals surface area contributed by atoms with Gasteiger partial charge in [-0.2, -0.15) is 0 Å². The molecule has 0 saturated heterocycles. The lowest BCUT2D eigenvalue weighted by molar-refractivity contribution is -0.145. The van der Waals surface area contributed by atoms with Crippen molar-refractivity contribution in [2.75, 3.05) is 24.4 Å². The van der Waals surface area contributed by atoms with Crippen LogP contribution in [0.2, 0.25) is 0 Å². The number of rotatable bonds is 10. The van der Waals surface area contributed by atoms with Crippen molar-refractivity contribution in [3.05, 3.63) is 109 Å². The molecule has 1 heterocycles. The SMILES string of the molecule is CCOC(=O)CC(=O)Nc1c(Nc2ccc(-n3ccnc3C(C)c3ccccc3OC)cc2)ccc2ccccc12. The summed E-state index contributed by atoms with van der Waals surface area (Å²) in [5, 5.41) is 8.17. The summed E-state index contributed by atoms with van der Waals surface area (Å²) in [4.78, 5) is 29.2. The highest BCUT2D eigenvalue weighted by molar-refractivity contribution is 6.10. The minimum atomic E-state index is -0.561. The number of hydrogen-bond donors (Lipinski definition) is 2. The summed E-state index contributed by atoms with van der Waals surface area (Å²) < 4.78 is 12.6. The molecular weight excluding hydrogens is 516 g/mol. The van der Waals surface area contributed by atoms with Crippen LogP contribution < -0.4 is 15.4 Å². The Morgan fingerprint density at radius 2 is 1.71 bits per heavy atom. The number of benzene rings is 4. The minimum Gasteiger partial charge on any atom is -0.496 e. The van der Waals surface area contributed by atoms with Gasteiger partial charge in [-0.15, -0.1) is 0 Å². The Hall–Kier alpha value is -5.11. The van der Waals surface area contributed by atoms with E-state index in [0.29, 0.717) is 11.4 Å². The first-order chi connectivity index (χ1) is 20.0. The topological polar surface area (TPSA) is 94.5 Å². The quantitative estimate of drug-likeness (QED) is 0.147. The third kappa shape index (κ3) is 6.06. The van der Waals surface area contributed by atoms with Gasteiger partial charge in [-0.05, 0) is 48.7 Å². The van der Waals surface area contributed by atoms with Crippen molar-refractivity contribution in [2.45, 2.75) is 26.2 Å². The Morgan fingerprint density at radius 1 is 0.951 bits per heavy atom. The molecule has 0 saturated carbocycles. The number of aromatic nitrogens is 2. The molecule has 5 aromatic rings. The number of fused-ring (bicyclic) bond motifs is 1. The van der Waals surface area contributed by atoms with E-state index in [1.54, 1.807) is 20.2 Å². The number of anilines is 3. The number of para-hydroxylation sites is 1. The number of nitrogens with one attached hydrogen (secondary N) is 2. The number of amides is 1. The molecular formula is C33H32N4O4. The highest BCUT2D eigenvalue weighted by Gasteiger charge is 2.19. The molecule has 0 aliphatic carbocycles. The van der Waals surface area contributed by atoms with Gasteiger partial charge in [0.05, 0.1) is 25.1 Å². The second-order valence-electron chi connectivity index (χ2n) is 9.53. The number of nitrogens with zero attached hydrogens (tertiary/aromatic N) is 2. The summed E-state index contributed by atoms with van der Waals surface area (Å²) >= 11 is 0. The molecule has 0 aliphatic heterocycles. The largest absolute Gasteiger partial charge is 0.496 e. The van der Waals surface area contributed by atoms with Gasteiger partial charge in [0.1, 0.15) is 18.0 Å². The second-order valence-corrected chi connectivity index (χ2v) is 9.53. The molecule has 0 bridgehead atoms. The molecule has 1 amide bonds. The fraction of sp³-hybridized carbons (Fsp3) is 0.182. The van der Waals surface area contributed by atoms with Gasteiger partial charge in [-0.25, -0.2) is 4.98 Å². The summed E-state index contributed by atoms with van der Waals surface area (Å²) in [6, 6.07) is 27.6. The number of hydrogen-bond acceptors (Lipinski definition) is 6. The van der Waals surface area contributed by atoms with Crippen molar-refractivity contribution in [3.8, 4) is 11.4 Å². The molecule has 41 heavy (non-hydrogen) atoms. The Morgan fingerprint density at radius 3 is 2.49 bits per heavy atom. The van der Waals surface area contributed by atoms with Gasteiger partial charge in [-0.3, -0.25) is 9.59 Å². The van der Waals surface area contributed by atoms with Crippen LogP contribution in [0.5, 0.6) is 5.75 Å². The standard InChI is InChI=1S/C33H32N4O4/c1-4-41-31(39)21-30(38)36-32-27-11-6-5-9-23(27)13-18-28(32)35-24-14-16-25(17-15-24)37-20-19-34-33(37)22(2)26-10-7-8-12-29(26)40-3/h5-20,22,35H,4,21H2,1-3H3,(H,36,38). The van der Waals surface area contributed by atoms with E-state index in [-0.39, 0.29) is 18.9 Å². The van der Waals surface area contributed by atoms with E-state index in [0.717, 1.165) is 39.3 Å². The van der Waals surface area contributed by atoms with Crippen LogP contribution in [-0.4, -0.2) is 35.1 Å². The lowest BCUT2D eigenvalue weighted by Gasteiger charge is -2.18. The number of carbonyl (C=O) groups is 2. The van der Waals surface area contributed by atoms with E-state index in [1.807, 2.05) is 85.1 Å². The molecule has 0 fully saturated rings. The van der Waals surface area contributed by atoms with E-state index < -0.39 is 11.9 Å². The number of imidazole rings is 1. The monoisotopic (exact) mass is 548 g/mol. The smallest absolute Gasteiger partial charge is 0.315 e. The van der Waals surface area contributed by atoms with Crippen LogP contribution in [0.15, 0.2) is 97.3 Å². The zero-order chi connectivity index (χ0) is 28.8. The zero-order valence-corrected chi connectivity index (χ0v) is 23.3. The fourth-order valence-electron chi connectivity index (χ4n) is 4.91. The number of esters is 1. The Balaban J connectivity index is 1.40. The fourth-order valence-corrected chi connectivity index (χ4v) is 4.91. The molecule has 0 aliphatic rings. The van der Waals surface area contributed by atoms with Gasteiger partial charge >= 0.3 is 5.97 Å². The maximum Gasteiger partial charge on any atom is 0.315 e. The van der Waals surface area contributed by atoms with Crippen LogP contribution in [0.25, 0.3) is 16.5 Å². The van der Waals surface area contributed by atoms with Crippen molar-refractivity contribution in [1.82, 2.24) is 9.55 Å². The lowest BCUT2D eigenvalue weighted by atomic mass is 9.99. The maximum atomic E-state index is 12.7. The number of ether oxygens (including phenoxy) is 2. The zero-order valence-electron chi connectivity index (χ0n) is 23.3. The van der Waals surface area contributed by atoms with Gasteiger partial charge in [0.25, 0.3) is 0 Å². The first kappa shape index (κ1) is 27.5. The predicted molar refractivity (Wildman–Crippen MR) is 161 cm³/mol. The average molecular weight is 549 g/mol. The van der Waals surface area contributed by atoms with Gasteiger partial charge < -0.3 is 24.7 Å². The van der Waals surface area contributed by atoms with Gasteiger partial charge in [0.2, 0.25) is 5.91 Å². The van der Waals surface area contributed by atoms with Crippen LogP contribution in [0.3, 0.4) is 0 Å². The summed E-state index contributed by atoms with van der Waals surface area (Å²) in [6.45, 7) is 4.05. The second kappa shape index (κ2) is 12.4. The van der Waals surface area contributed by atoms with Crippen molar-refractivity contribution >= 4 is 39.7 Å². The first-order valence-electron chi connectivity index (χ1n) is 13.5. The normalized spacial score (nSPS) is 11.6. The van der Waals surface area contributed by atoms with Crippen LogP contribution in [-0.2, 0) is 14.3 Å². The summed E-state index contributed by atoms with van der Waals surface area (Å²) in [6.07, 6.45) is 3.39. The summed E-state index contributed by atoms with van der Waals surface area (Å²) in [5.41, 5.74) is 4.18. The van der Waals surface area contributed by atoms with Gasteiger partial charge in [0.15, 0.2) is 0 Å². The van der Waals surface area contributed by atoms with Crippen molar-refractivity contribution in [2.24, 2.45) is 0 Å². The van der Waals surface area contributed by atoms with E-state index in [4.69, 9.17) is 9.47 Å². The molecule has 8 heteroatoms. The molecule has 2 N–H and O–H groups in total. The van der Waals surface area contributed by atoms with E-state index >= 15 is 0 Å². The van der Waals surface area contributed by atoms with Crippen molar-refractivity contribution < 1.29 is 19.1 Å². The Labute approximate surface area is 238 Å². The van der Waals surface area contributed by atoms with E-state index in [1.165, 1.54) is 0 Å². The predicted octanol–water partition coefficient (Wildman–Crippen LogP) is 6.82. The van der Waals surface area contributed by atoms with Gasteiger partial charge in [-0.1, -0.05) is 55.5 Å².